The molecule has 1 amide bonds. The number of nitrogens with one attached hydrogen (secondary N) is 1. The number of hydrogen-bond donors (Lipinski definition) is 1. The number of anilines is 1. The first kappa shape index (κ1) is 17.2. The van der Waals surface area contributed by atoms with Gasteiger partial charge in [0, 0.05) is 6.92 Å². The normalized spacial score (nSPS) is 15.4. The van der Waals surface area contributed by atoms with Gasteiger partial charge in [-0.05, 0) is 54.3 Å². The molecule has 27 heavy (non-hydrogen) atoms. The van der Waals surface area contributed by atoms with Crippen LogP contribution >= 0.6 is 0 Å². The SMILES string of the molecule is CC(=O)Nc1ccccc1Oc1ccc2c(c1)CCC(c1ccccc1)O2. The lowest BCUT2D eigenvalue weighted by Crippen LogP contribution is -2.15. The van der Waals surface area contributed by atoms with Gasteiger partial charge >= 0.3 is 0 Å². The number of benzene rings is 3. The molecule has 0 aliphatic carbocycles. The van der Waals surface area contributed by atoms with E-state index >= 15 is 0 Å². The fourth-order valence-electron chi connectivity index (χ4n) is 3.31. The minimum Gasteiger partial charge on any atom is -0.485 e. The van der Waals surface area contributed by atoms with Gasteiger partial charge in [0.25, 0.3) is 0 Å². The van der Waals surface area contributed by atoms with Crippen molar-refractivity contribution >= 4 is 11.6 Å². The maximum atomic E-state index is 11.4. The molecule has 4 nitrogen and oxygen atoms in total. The molecule has 1 atom stereocenters. The van der Waals surface area contributed by atoms with Gasteiger partial charge in [-0.15, -0.1) is 0 Å². The van der Waals surface area contributed by atoms with Crippen LogP contribution in [0.5, 0.6) is 17.2 Å². The van der Waals surface area contributed by atoms with Crippen molar-refractivity contribution in [3.63, 3.8) is 0 Å². The number of hydrogen-bond acceptors (Lipinski definition) is 3. The average molecular weight is 359 g/mol. The molecule has 136 valence electrons. The van der Waals surface area contributed by atoms with Crippen LogP contribution < -0.4 is 14.8 Å². The molecular formula is C23H21NO3. The summed E-state index contributed by atoms with van der Waals surface area (Å²) in [5.74, 6) is 2.12. The summed E-state index contributed by atoms with van der Waals surface area (Å²) in [5, 5.41) is 2.79. The molecule has 1 aliphatic heterocycles. The number of fused-ring (bicyclic) bond motifs is 1. The zero-order chi connectivity index (χ0) is 18.6. The van der Waals surface area contributed by atoms with Crippen LogP contribution in [0.4, 0.5) is 5.69 Å². The van der Waals surface area contributed by atoms with Crippen molar-refractivity contribution < 1.29 is 14.3 Å². The Labute approximate surface area is 158 Å². The Morgan fingerprint density at radius 2 is 1.81 bits per heavy atom. The van der Waals surface area contributed by atoms with Gasteiger partial charge in [0.2, 0.25) is 5.91 Å². The van der Waals surface area contributed by atoms with Gasteiger partial charge in [0.15, 0.2) is 5.75 Å². The largest absolute Gasteiger partial charge is 0.485 e. The maximum absolute atomic E-state index is 11.4. The second-order valence-corrected chi connectivity index (χ2v) is 6.60. The number of aryl methyl sites for hydroxylation is 1. The van der Waals surface area contributed by atoms with E-state index in [-0.39, 0.29) is 12.0 Å². The lowest BCUT2D eigenvalue weighted by Gasteiger charge is -2.27. The van der Waals surface area contributed by atoms with Gasteiger partial charge in [-0.2, -0.15) is 0 Å². The summed E-state index contributed by atoms with van der Waals surface area (Å²) in [4.78, 5) is 11.4. The third kappa shape index (κ3) is 3.95. The molecule has 1 N–H and O–H groups in total. The Kier molecular flexibility index (Phi) is 4.79. The van der Waals surface area contributed by atoms with Gasteiger partial charge in [-0.3, -0.25) is 4.79 Å². The average Bonchev–Trinajstić information content (AvgIpc) is 2.69. The Bertz CT molecular complexity index is 953. The van der Waals surface area contributed by atoms with Crippen LogP contribution in [-0.2, 0) is 11.2 Å². The van der Waals surface area contributed by atoms with Crippen LogP contribution in [0.1, 0.15) is 30.6 Å². The van der Waals surface area contributed by atoms with Crippen molar-refractivity contribution in [1.29, 1.82) is 0 Å². The van der Waals surface area contributed by atoms with Gasteiger partial charge in [0.05, 0.1) is 5.69 Å². The minimum absolute atomic E-state index is 0.0889. The summed E-state index contributed by atoms with van der Waals surface area (Å²) >= 11 is 0. The van der Waals surface area contributed by atoms with E-state index in [2.05, 4.69) is 17.4 Å². The van der Waals surface area contributed by atoms with Crippen molar-refractivity contribution in [2.75, 3.05) is 5.32 Å². The Balaban J connectivity index is 1.53. The molecule has 4 rings (SSSR count). The summed E-state index contributed by atoms with van der Waals surface area (Å²) in [6, 6.07) is 23.6. The van der Waals surface area contributed by atoms with Crippen LogP contribution in [0, 0.1) is 0 Å². The van der Waals surface area contributed by atoms with Gasteiger partial charge in [0.1, 0.15) is 17.6 Å². The molecule has 0 fully saturated rings. The van der Waals surface area contributed by atoms with E-state index in [1.165, 1.54) is 12.5 Å². The molecule has 0 spiro atoms. The molecule has 1 unspecified atom stereocenters. The van der Waals surface area contributed by atoms with Crippen LogP contribution in [-0.4, -0.2) is 5.91 Å². The first-order chi connectivity index (χ1) is 13.2. The smallest absolute Gasteiger partial charge is 0.221 e. The van der Waals surface area contributed by atoms with Crippen molar-refractivity contribution in [3.05, 3.63) is 83.9 Å². The van der Waals surface area contributed by atoms with Crippen molar-refractivity contribution in [1.82, 2.24) is 0 Å². The van der Waals surface area contributed by atoms with Crippen molar-refractivity contribution in [3.8, 4) is 17.2 Å². The standard InChI is InChI=1S/C23H21NO3/c1-16(25)24-20-9-5-6-10-23(20)26-19-12-14-22-18(15-19)11-13-21(27-22)17-7-3-2-4-8-17/h2-10,12,14-15,21H,11,13H2,1H3,(H,24,25). The van der Waals surface area contributed by atoms with E-state index in [0.717, 1.165) is 29.9 Å². The third-order valence-electron chi connectivity index (χ3n) is 4.57. The fourth-order valence-corrected chi connectivity index (χ4v) is 3.31. The Morgan fingerprint density at radius 1 is 1.04 bits per heavy atom. The summed E-state index contributed by atoms with van der Waals surface area (Å²) in [7, 11) is 0. The lowest BCUT2D eigenvalue weighted by molar-refractivity contribution is -0.114. The molecule has 1 heterocycles. The second-order valence-electron chi connectivity index (χ2n) is 6.60. The van der Waals surface area contributed by atoms with Crippen molar-refractivity contribution in [2.24, 2.45) is 0 Å². The molecule has 1 aliphatic rings. The summed E-state index contributed by atoms with van der Waals surface area (Å²) in [6.45, 7) is 1.48. The van der Waals surface area contributed by atoms with E-state index in [0.29, 0.717) is 11.4 Å². The van der Waals surface area contributed by atoms with E-state index in [1.54, 1.807) is 0 Å². The highest BCUT2D eigenvalue weighted by Crippen LogP contribution is 2.38. The summed E-state index contributed by atoms with van der Waals surface area (Å²) in [6.07, 6.45) is 1.95. The third-order valence-corrected chi connectivity index (χ3v) is 4.57. The van der Waals surface area contributed by atoms with Crippen LogP contribution in [0.2, 0.25) is 0 Å². The minimum atomic E-state index is -0.128. The number of rotatable bonds is 4. The Morgan fingerprint density at radius 3 is 2.63 bits per heavy atom. The molecule has 0 radical (unpaired) electrons. The molecule has 0 saturated carbocycles. The molecular weight excluding hydrogens is 338 g/mol. The monoisotopic (exact) mass is 359 g/mol. The first-order valence-corrected chi connectivity index (χ1v) is 9.08. The van der Waals surface area contributed by atoms with Crippen LogP contribution in [0.25, 0.3) is 0 Å². The molecule has 0 saturated heterocycles. The van der Waals surface area contributed by atoms with Gasteiger partial charge in [-0.25, -0.2) is 0 Å². The number of amides is 1. The first-order valence-electron chi connectivity index (χ1n) is 9.08. The molecule has 0 aromatic heterocycles. The highest BCUT2D eigenvalue weighted by Gasteiger charge is 2.21. The van der Waals surface area contributed by atoms with Gasteiger partial charge < -0.3 is 14.8 Å². The van der Waals surface area contributed by atoms with E-state index in [9.17, 15) is 4.79 Å². The fraction of sp³-hybridized carbons (Fsp3) is 0.174. The Hall–Kier alpha value is -3.27. The topological polar surface area (TPSA) is 47.6 Å². The molecule has 3 aromatic carbocycles. The second kappa shape index (κ2) is 7.54. The summed E-state index contributed by atoms with van der Waals surface area (Å²) in [5.41, 5.74) is 2.99. The number of ether oxygens (including phenoxy) is 2. The predicted molar refractivity (Wildman–Crippen MR) is 105 cm³/mol. The zero-order valence-electron chi connectivity index (χ0n) is 15.1. The number of carbonyl (C=O) groups is 1. The van der Waals surface area contributed by atoms with Crippen LogP contribution in [0.15, 0.2) is 72.8 Å². The van der Waals surface area contributed by atoms with Gasteiger partial charge in [-0.1, -0.05) is 42.5 Å². The molecule has 4 heteroatoms. The highest BCUT2D eigenvalue weighted by atomic mass is 16.5. The van der Waals surface area contributed by atoms with Crippen molar-refractivity contribution in [2.45, 2.75) is 25.9 Å². The number of para-hydroxylation sites is 2. The lowest BCUT2D eigenvalue weighted by atomic mass is 9.97. The summed E-state index contributed by atoms with van der Waals surface area (Å²) < 4.78 is 12.2. The maximum Gasteiger partial charge on any atom is 0.221 e. The number of carbonyl (C=O) groups excluding carboxylic acids is 1. The van der Waals surface area contributed by atoms with E-state index in [1.807, 2.05) is 60.7 Å². The highest BCUT2D eigenvalue weighted by molar-refractivity contribution is 5.90. The molecule has 3 aromatic rings. The predicted octanol–water partition coefficient (Wildman–Crippen LogP) is 5.50. The van der Waals surface area contributed by atoms with Crippen LogP contribution in [0.3, 0.4) is 0 Å². The van der Waals surface area contributed by atoms with E-state index in [4.69, 9.17) is 9.47 Å². The molecule has 0 bridgehead atoms. The van der Waals surface area contributed by atoms with E-state index < -0.39 is 0 Å². The quantitative estimate of drug-likeness (QED) is 0.669. The zero-order valence-corrected chi connectivity index (χ0v) is 15.1.